The van der Waals surface area contributed by atoms with Crippen LogP contribution in [-0.2, 0) is 38.1 Å². The number of piperidine rings is 1. The minimum atomic E-state index is -2.37. The van der Waals surface area contributed by atoms with Crippen LogP contribution in [0.25, 0.3) is 10.8 Å². The Labute approximate surface area is 432 Å². The number of methoxy groups -OCH3 is 1. The number of ketones is 1. The molecule has 406 valence electrons. The van der Waals surface area contributed by atoms with Crippen LogP contribution < -0.4 is 26.1 Å². The molecular weight excluding hydrogens is 980 g/mol. The molecular formula is C52H73N6O15P. The first-order valence-electron chi connectivity index (χ1n) is 24.9. The molecule has 4 aliphatic rings. The number of esters is 2. The fraction of sp³-hybridized carbons (Fsp3) is 0.596. The fourth-order valence-corrected chi connectivity index (χ4v) is 10.7. The average molecular weight is 1050 g/mol. The number of aliphatic hydroxyl groups excluding tert-OH is 1. The third kappa shape index (κ3) is 12.4. The molecule has 1 spiro atoms. The number of nitrogens with one attached hydrogen (secondary N) is 2. The van der Waals surface area contributed by atoms with Crippen LogP contribution in [-0.4, -0.2) is 153 Å². The molecule has 4 aliphatic heterocycles. The normalized spacial score (nSPS) is 29.0. The molecule has 0 aliphatic carbocycles. The first kappa shape index (κ1) is 57.7. The van der Waals surface area contributed by atoms with E-state index in [0.29, 0.717) is 31.8 Å². The quantitative estimate of drug-likeness (QED) is 0.0961. The Bertz CT molecular complexity index is 2720. The van der Waals surface area contributed by atoms with E-state index in [0.717, 1.165) is 6.54 Å². The topological polar surface area (TPSA) is 288 Å². The molecule has 0 saturated carbocycles. The molecule has 7 N–H and O–H groups in total. The number of aliphatic hydroxyl groups is 1. The number of allylic oxidation sites excluding steroid dienone is 2. The highest BCUT2D eigenvalue weighted by Gasteiger charge is 2.51. The van der Waals surface area contributed by atoms with Crippen LogP contribution in [0.15, 0.2) is 46.1 Å². The van der Waals surface area contributed by atoms with E-state index >= 15 is 0 Å². The van der Waals surface area contributed by atoms with E-state index in [1.54, 1.807) is 39.8 Å². The number of likely N-dealkylation sites (N-methyl/N-ethyl adjacent to an activating group) is 1. The molecule has 21 nitrogen and oxygen atoms in total. The Morgan fingerprint density at radius 2 is 1.64 bits per heavy atom. The number of rotatable bonds is 11. The Hall–Kier alpha value is -5.54. The van der Waals surface area contributed by atoms with Gasteiger partial charge in [-0.25, -0.2) is 4.99 Å². The predicted molar refractivity (Wildman–Crippen MR) is 273 cm³/mol. The van der Waals surface area contributed by atoms with Crippen molar-refractivity contribution in [3.63, 3.8) is 0 Å². The van der Waals surface area contributed by atoms with Gasteiger partial charge in [-0.05, 0) is 32.9 Å². The maximum absolute atomic E-state index is 14.9. The van der Waals surface area contributed by atoms with E-state index in [1.165, 1.54) is 65.2 Å². The molecule has 0 unspecified atom stereocenters. The number of Topliss-reactive ketones (excluding diaryl/α,β-unsaturated/α-hetero) is 1. The summed E-state index contributed by atoms with van der Waals surface area (Å²) in [6.45, 7) is 18.5. The minimum Gasteiger partial charge on any atom is -0.507 e. The van der Waals surface area contributed by atoms with Gasteiger partial charge in [-0.2, -0.15) is 0 Å². The third-order valence-electron chi connectivity index (χ3n) is 14.4. The summed E-state index contributed by atoms with van der Waals surface area (Å²) in [7, 11) is 0.565. The molecule has 2 aromatic carbocycles. The summed E-state index contributed by atoms with van der Waals surface area (Å²) in [5.41, 5.74) is -0.383. The maximum atomic E-state index is 14.9. The number of aromatic hydroxyl groups is 2. The van der Waals surface area contributed by atoms with Crippen LogP contribution in [0.1, 0.15) is 91.1 Å². The molecule has 9 atom stereocenters. The zero-order valence-corrected chi connectivity index (χ0v) is 45.2. The summed E-state index contributed by atoms with van der Waals surface area (Å²) >= 11 is 0. The number of likely N-dealkylation sites (tertiary alicyclic amines) is 1. The monoisotopic (exact) mass is 1050 g/mol. The predicted octanol–water partition coefficient (Wildman–Crippen LogP) is 3.60. The lowest BCUT2D eigenvalue weighted by atomic mass is 9.78. The van der Waals surface area contributed by atoms with Gasteiger partial charge >= 0.3 is 17.7 Å². The van der Waals surface area contributed by atoms with E-state index in [-0.39, 0.29) is 69.0 Å². The van der Waals surface area contributed by atoms with Gasteiger partial charge in [-0.15, -0.1) is 0 Å². The van der Waals surface area contributed by atoms with Crippen molar-refractivity contribution in [2.24, 2.45) is 39.6 Å². The lowest BCUT2D eigenvalue weighted by molar-refractivity contribution is -0.165. The van der Waals surface area contributed by atoms with Gasteiger partial charge in [0.1, 0.15) is 40.1 Å². The van der Waals surface area contributed by atoms with Crippen LogP contribution in [0.5, 0.6) is 17.2 Å². The van der Waals surface area contributed by atoms with Gasteiger partial charge in [0.15, 0.2) is 14.1 Å². The Morgan fingerprint density at radius 3 is 2.26 bits per heavy atom. The molecule has 1 saturated heterocycles. The van der Waals surface area contributed by atoms with Gasteiger partial charge in [0.2, 0.25) is 5.91 Å². The minimum absolute atomic E-state index is 0.0145. The number of nitrogens with zero attached hydrogens (tertiary/aromatic N) is 4. The molecule has 2 amide bonds. The molecule has 74 heavy (non-hydrogen) atoms. The number of benzene rings is 2. The van der Waals surface area contributed by atoms with Crippen molar-refractivity contribution in [2.45, 2.75) is 118 Å². The lowest BCUT2D eigenvalue weighted by Gasteiger charge is -2.39. The standard InChI is InChI=1S/C52H73N6O15P/c1-26(2)22-58-19-17-52(18-20-58)55-40-37-38-44(63)32(8)48-39(37)49(65)51(10,73-48)70-21-16-34(69-12)29(5)47(71-33(9)59)31(7)43(62)30(6)46(72-36(61)24-57(11)23-35(60)53-25-74(67)68)27(3)14-13-15-28(4)50(66)54-42(45(38)64)41(40)56-52/h13-16,21,26-27,29-31,34,43,46-47,55,62-64,67-68H,17-20,22-25H2,1-12H3,(H,53,60)/b14-13+,21-16+,28-15-,54-42?/t27-,29+,30-,31+,34-,43+,46-,47+,51-/m0/s1. The molecule has 6 rings (SSSR count). The fourth-order valence-electron chi connectivity index (χ4n) is 10.4. The molecule has 4 bridgehead atoms. The maximum Gasteiger partial charge on any atom is 0.320 e. The summed E-state index contributed by atoms with van der Waals surface area (Å²) in [4.78, 5) is 99.5. The van der Waals surface area contributed by atoms with Crippen molar-refractivity contribution in [3.8, 4) is 17.2 Å². The zero-order chi connectivity index (χ0) is 54.7. The van der Waals surface area contributed by atoms with Gasteiger partial charge in [0, 0.05) is 93.6 Å². The highest BCUT2D eigenvalue weighted by molar-refractivity contribution is 7.45. The van der Waals surface area contributed by atoms with Gasteiger partial charge in [0.25, 0.3) is 11.7 Å². The third-order valence-corrected chi connectivity index (χ3v) is 14.8. The van der Waals surface area contributed by atoms with Gasteiger partial charge in [-0.3, -0.25) is 33.9 Å². The Balaban J connectivity index is 1.49. The smallest absolute Gasteiger partial charge is 0.320 e. The molecule has 1 fully saturated rings. The van der Waals surface area contributed by atoms with Crippen molar-refractivity contribution < 1.29 is 72.8 Å². The Kier molecular flexibility index (Phi) is 18.4. The lowest BCUT2D eigenvalue weighted by Crippen LogP contribution is -2.48. The first-order chi connectivity index (χ1) is 34.7. The first-order valence-corrected chi connectivity index (χ1v) is 26.3. The van der Waals surface area contributed by atoms with Crippen molar-refractivity contribution in [1.29, 1.82) is 0 Å². The van der Waals surface area contributed by atoms with E-state index in [2.05, 4.69) is 34.4 Å². The second-order valence-corrected chi connectivity index (χ2v) is 21.8. The number of hydrogen-bond acceptors (Lipinski definition) is 19. The Morgan fingerprint density at radius 1 is 0.973 bits per heavy atom. The summed E-state index contributed by atoms with van der Waals surface area (Å²) in [5, 5.41) is 42.2. The van der Waals surface area contributed by atoms with E-state index in [9.17, 15) is 49.1 Å². The van der Waals surface area contributed by atoms with Crippen LogP contribution in [0, 0.1) is 36.5 Å². The number of ether oxygens (including phenoxy) is 5. The number of fused-ring (bicyclic) bond motifs is 1. The summed E-state index contributed by atoms with van der Waals surface area (Å²) in [5.74, 6) is -8.91. The van der Waals surface area contributed by atoms with Gasteiger partial charge < -0.3 is 64.3 Å². The number of carbonyl (C=O) groups is 5. The van der Waals surface area contributed by atoms with Crippen LogP contribution in [0.2, 0.25) is 0 Å². The summed E-state index contributed by atoms with van der Waals surface area (Å²) < 4.78 is 30.3. The summed E-state index contributed by atoms with van der Waals surface area (Å²) in [6, 6.07) is 0. The SMILES string of the molecule is CO[C@H]1/C=C/O[C@@]2(C)Oc3c(C)c(O)c4c(O)c(c5c(c4c3C2=O)NC2(CCN(CC(C)C)CC2)N=5)=NC(=O)/C(C)=C\C=C\[C@H](C)[C@H](OC(=O)CN(C)CC(=O)NCP(O)O)[C@@H](C)[C@@H](O)[C@@H](C)[C@H](OC(C)=O)[C@@H]1C. The van der Waals surface area contributed by atoms with Crippen LogP contribution >= 0.6 is 8.38 Å². The van der Waals surface area contributed by atoms with E-state index in [1.807, 2.05) is 0 Å². The zero-order valence-electron chi connectivity index (χ0n) is 44.3. The molecule has 22 heteroatoms. The molecule has 0 aromatic heterocycles. The van der Waals surface area contributed by atoms with Gasteiger partial charge in [-0.1, -0.05) is 59.8 Å². The number of phenolic OH excluding ortho intramolecular Hbond substituents is 2. The molecule has 4 heterocycles. The number of anilines is 1. The van der Waals surface area contributed by atoms with Crippen molar-refractivity contribution in [2.75, 3.05) is 58.5 Å². The number of hydrogen-bond donors (Lipinski definition) is 7. The van der Waals surface area contributed by atoms with Crippen molar-refractivity contribution >= 4 is 54.4 Å². The highest BCUT2D eigenvalue weighted by atomic mass is 31.2. The number of phenols is 2. The highest BCUT2D eigenvalue weighted by Crippen LogP contribution is 2.51. The van der Waals surface area contributed by atoms with E-state index < -0.39 is 109 Å². The summed E-state index contributed by atoms with van der Waals surface area (Å²) in [6.07, 6.45) is 3.99. The second-order valence-electron chi connectivity index (χ2n) is 20.7. The largest absolute Gasteiger partial charge is 0.507 e. The van der Waals surface area contributed by atoms with Gasteiger partial charge in [0.05, 0.1) is 54.5 Å². The van der Waals surface area contributed by atoms with E-state index in [4.69, 9.17) is 28.7 Å². The molecule has 2 aromatic rings. The van der Waals surface area contributed by atoms with Crippen LogP contribution in [0.3, 0.4) is 0 Å². The number of amides is 2. The average Bonchev–Trinajstić information content (AvgIpc) is 3.83. The van der Waals surface area contributed by atoms with Crippen molar-refractivity contribution in [3.05, 3.63) is 58.0 Å². The second kappa shape index (κ2) is 23.6. The van der Waals surface area contributed by atoms with Crippen LogP contribution in [0.4, 0.5) is 5.69 Å². The number of carbonyl (C=O) groups excluding carboxylic acids is 5. The molecule has 0 radical (unpaired) electrons. The van der Waals surface area contributed by atoms with Crippen molar-refractivity contribution in [1.82, 2.24) is 15.1 Å².